The Morgan fingerprint density at radius 1 is 0.976 bits per heavy atom. The van der Waals surface area contributed by atoms with Crippen molar-refractivity contribution in [3.8, 4) is 0 Å². The lowest BCUT2D eigenvalue weighted by Gasteiger charge is -2.27. The van der Waals surface area contributed by atoms with Gasteiger partial charge in [0.05, 0.1) is 6.54 Å². The van der Waals surface area contributed by atoms with Gasteiger partial charge in [0.1, 0.15) is 30.7 Å². The third-order valence-corrected chi connectivity index (χ3v) is 6.67. The second kappa shape index (κ2) is 15.5. The molecule has 0 bridgehead atoms. The molecule has 16 heteroatoms. The Morgan fingerprint density at radius 3 is 2.20 bits per heavy atom. The third-order valence-electron chi connectivity index (χ3n) is 6.67. The number of carbonyl (C=O) groups excluding carboxylic acids is 7. The van der Waals surface area contributed by atoms with E-state index in [4.69, 9.17) is 10.8 Å². The van der Waals surface area contributed by atoms with Crippen LogP contribution in [0.2, 0.25) is 0 Å². The van der Waals surface area contributed by atoms with Crippen LogP contribution in [0.3, 0.4) is 0 Å². The van der Waals surface area contributed by atoms with Gasteiger partial charge in [0, 0.05) is 19.4 Å². The van der Waals surface area contributed by atoms with Gasteiger partial charge in [-0.05, 0) is 38.0 Å². The predicted molar refractivity (Wildman–Crippen MR) is 141 cm³/mol. The Morgan fingerprint density at radius 2 is 1.61 bits per heavy atom. The van der Waals surface area contributed by atoms with Crippen LogP contribution in [0.15, 0.2) is 0 Å². The first-order valence-electron chi connectivity index (χ1n) is 13.5. The number of hydrogen-bond acceptors (Lipinski definition) is 8. The average Bonchev–Trinajstić information content (AvgIpc) is 3.56. The Balaban J connectivity index is 1.98. The number of carboxylic acid groups (broad SMARTS) is 1. The summed E-state index contributed by atoms with van der Waals surface area (Å²) in [5.41, 5.74) is 5.14. The van der Waals surface area contributed by atoms with Crippen molar-refractivity contribution in [2.24, 2.45) is 11.7 Å². The highest BCUT2D eigenvalue weighted by atomic mass is 16.4. The van der Waals surface area contributed by atoms with Crippen molar-refractivity contribution < 1.29 is 43.5 Å². The van der Waals surface area contributed by atoms with Gasteiger partial charge in [-0.25, -0.2) is 0 Å². The summed E-state index contributed by atoms with van der Waals surface area (Å²) in [4.78, 5) is 98.5. The number of nitrogens with one attached hydrogen (secondary N) is 5. The van der Waals surface area contributed by atoms with Gasteiger partial charge in [-0.1, -0.05) is 13.8 Å². The summed E-state index contributed by atoms with van der Waals surface area (Å²) in [5.74, 6) is -5.36. The van der Waals surface area contributed by atoms with Crippen LogP contribution in [0.5, 0.6) is 0 Å². The minimum atomic E-state index is -1.30. The summed E-state index contributed by atoms with van der Waals surface area (Å²) in [6.45, 7) is 2.81. The first kappa shape index (κ1) is 33.0. The van der Waals surface area contributed by atoms with Crippen LogP contribution < -0.4 is 32.3 Å². The first-order valence-corrected chi connectivity index (χ1v) is 13.5. The molecule has 16 nitrogen and oxygen atoms in total. The smallest absolute Gasteiger partial charge is 0.322 e. The fourth-order valence-corrected chi connectivity index (χ4v) is 4.62. The third kappa shape index (κ3) is 10.7. The summed E-state index contributed by atoms with van der Waals surface area (Å²) in [7, 11) is 0. The lowest BCUT2D eigenvalue weighted by atomic mass is 10.0. The summed E-state index contributed by atoms with van der Waals surface area (Å²) < 4.78 is 0. The fraction of sp³-hybridized carbons (Fsp3) is 0.680. The maximum atomic E-state index is 13.0. The number of primary amides is 1. The zero-order valence-corrected chi connectivity index (χ0v) is 23.2. The molecule has 0 saturated carbocycles. The molecule has 0 aromatic carbocycles. The van der Waals surface area contributed by atoms with E-state index in [0.717, 1.165) is 0 Å². The van der Waals surface area contributed by atoms with Crippen LogP contribution in [-0.2, 0) is 38.4 Å². The molecule has 8 N–H and O–H groups in total. The van der Waals surface area contributed by atoms with E-state index in [0.29, 0.717) is 12.8 Å². The van der Waals surface area contributed by atoms with E-state index in [1.165, 1.54) is 4.90 Å². The number of carbonyl (C=O) groups is 8. The number of likely N-dealkylation sites (tertiary alicyclic amines) is 1. The van der Waals surface area contributed by atoms with E-state index in [1.54, 1.807) is 0 Å². The van der Waals surface area contributed by atoms with Crippen molar-refractivity contribution in [2.75, 3.05) is 19.6 Å². The maximum Gasteiger partial charge on any atom is 0.322 e. The predicted octanol–water partition coefficient (Wildman–Crippen LogP) is -3.15. The molecule has 0 aromatic heterocycles. The van der Waals surface area contributed by atoms with Gasteiger partial charge in [-0.15, -0.1) is 0 Å². The number of rotatable bonds is 15. The molecule has 0 aromatic rings. The molecule has 41 heavy (non-hydrogen) atoms. The van der Waals surface area contributed by atoms with E-state index in [9.17, 15) is 38.4 Å². The molecule has 2 aliphatic heterocycles. The first-order chi connectivity index (χ1) is 19.3. The summed E-state index contributed by atoms with van der Waals surface area (Å²) >= 11 is 0. The van der Waals surface area contributed by atoms with Gasteiger partial charge in [0.25, 0.3) is 0 Å². The van der Waals surface area contributed by atoms with Gasteiger partial charge in [-0.2, -0.15) is 0 Å². The molecular weight excluding hydrogens is 542 g/mol. The molecule has 2 aliphatic rings. The lowest BCUT2D eigenvalue weighted by molar-refractivity contribution is -0.140. The summed E-state index contributed by atoms with van der Waals surface area (Å²) in [6, 6.07) is -3.88. The number of nitrogens with two attached hydrogens (primary N) is 1. The topological polar surface area (TPSA) is 246 Å². The minimum absolute atomic E-state index is 0.0294. The molecule has 0 radical (unpaired) electrons. The zero-order valence-electron chi connectivity index (χ0n) is 23.2. The SMILES string of the molecule is CC(C)C[C@H](NC(=O)[C@@H]1CCC(=O)N1)C(=O)NCC(=O)N1CCC[C@H]1C(=O)N[C@@H](CCC(N)=O)C(=O)NCC(=O)O. The minimum Gasteiger partial charge on any atom is -0.480 e. The molecular formula is C25H39N7O9. The van der Waals surface area contributed by atoms with Crippen LogP contribution in [-0.4, -0.2) is 101 Å². The second-order valence-electron chi connectivity index (χ2n) is 10.5. The monoisotopic (exact) mass is 581 g/mol. The molecule has 0 unspecified atom stereocenters. The van der Waals surface area contributed by atoms with E-state index in [2.05, 4.69) is 26.6 Å². The molecule has 228 valence electrons. The molecule has 7 amide bonds. The van der Waals surface area contributed by atoms with E-state index >= 15 is 0 Å². The highest BCUT2D eigenvalue weighted by Gasteiger charge is 2.36. The van der Waals surface area contributed by atoms with Crippen molar-refractivity contribution in [3.63, 3.8) is 0 Å². The van der Waals surface area contributed by atoms with Gasteiger partial charge in [0.15, 0.2) is 0 Å². The largest absolute Gasteiger partial charge is 0.480 e. The number of hydrogen-bond donors (Lipinski definition) is 7. The Labute approximate surface area is 236 Å². The maximum absolute atomic E-state index is 13.0. The summed E-state index contributed by atoms with van der Waals surface area (Å²) in [6.07, 6.45) is 1.18. The molecule has 2 rings (SSSR count). The van der Waals surface area contributed by atoms with Crippen molar-refractivity contribution in [1.82, 2.24) is 31.5 Å². The summed E-state index contributed by atoms with van der Waals surface area (Å²) in [5, 5.41) is 21.1. The van der Waals surface area contributed by atoms with Crippen molar-refractivity contribution in [1.29, 1.82) is 0 Å². The molecule has 0 aliphatic carbocycles. The molecule has 2 heterocycles. The molecule has 2 saturated heterocycles. The van der Waals surface area contributed by atoms with Crippen LogP contribution in [0, 0.1) is 5.92 Å². The van der Waals surface area contributed by atoms with Crippen LogP contribution in [0.4, 0.5) is 0 Å². The fourth-order valence-electron chi connectivity index (χ4n) is 4.62. The van der Waals surface area contributed by atoms with E-state index in [-0.39, 0.29) is 50.5 Å². The number of amides is 7. The Kier molecular flexibility index (Phi) is 12.5. The lowest BCUT2D eigenvalue weighted by Crippen LogP contribution is -2.56. The second-order valence-corrected chi connectivity index (χ2v) is 10.5. The van der Waals surface area contributed by atoms with Crippen molar-refractivity contribution >= 4 is 47.3 Å². The number of carboxylic acids is 1. The standard InChI is InChI=1S/C25H39N7O9/c1-13(2)10-16(31-24(40)15-6-8-19(34)29-15)23(39)27-11-20(35)32-9-3-4-17(32)25(41)30-14(5-7-18(26)33)22(38)28-12-21(36)37/h13-17H,3-12H2,1-2H3,(H2,26,33)(H,27,39)(H,28,38)(H,29,34)(H,30,41)(H,31,40)(H,36,37)/t14-,15-,16-,17-/m0/s1. The van der Waals surface area contributed by atoms with Gasteiger partial charge < -0.3 is 42.3 Å². The van der Waals surface area contributed by atoms with Crippen molar-refractivity contribution in [2.45, 2.75) is 83.0 Å². The van der Waals surface area contributed by atoms with Crippen molar-refractivity contribution in [3.05, 3.63) is 0 Å². The van der Waals surface area contributed by atoms with Gasteiger partial charge in [0.2, 0.25) is 41.4 Å². The van der Waals surface area contributed by atoms with Crippen LogP contribution >= 0.6 is 0 Å². The number of aliphatic carboxylic acids is 1. The quantitative estimate of drug-likeness (QED) is 0.103. The normalized spacial score (nSPS) is 19.6. The molecule has 0 spiro atoms. The average molecular weight is 582 g/mol. The Bertz CT molecular complexity index is 1050. The van der Waals surface area contributed by atoms with Crippen LogP contribution in [0.1, 0.15) is 58.8 Å². The Hall–Kier alpha value is -4.24. The van der Waals surface area contributed by atoms with E-state index < -0.39 is 78.7 Å². The van der Waals surface area contributed by atoms with Crippen LogP contribution in [0.25, 0.3) is 0 Å². The molecule has 2 fully saturated rings. The highest BCUT2D eigenvalue weighted by molar-refractivity contribution is 5.96. The zero-order chi connectivity index (χ0) is 30.7. The van der Waals surface area contributed by atoms with Gasteiger partial charge in [-0.3, -0.25) is 38.4 Å². The van der Waals surface area contributed by atoms with Gasteiger partial charge >= 0.3 is 5.97 Å². The molecule has 4 atom stereocenters. The highest BCUT2D eigenvalue weighted by Crippen LogP contribution is 2.18. The van der Waals surface area contributed by atoms with E-state index in [1.807, 2.05) is 13.8 Å². The number of nitrogens with zero attached hydrogens (tertiary/aromatic N) is 1.